The van der Waals surface area contributed by atoms with Gasteiger partial charge in [-0.05, 0) is 24.3 Å². The molecule has 0 aromatic heterocycles. The topological polar surface area (TPSA) is 26.3 Å². The zero-order valence-corrected chi connectivity index (χ0v) is 11.7. The first-order chi connectivity index (χ1) is 8.45. The highest BCUT2D eigenvalue weighted by atomic mass is 16.5. The van der Waals surface area contributed by atoms with Gasteiger partial charge in [-0.15, -0.1) is 0 Å². The van der Waals surface area contributed by atoms with Crippen molar-refractivity contribution >= 4 is 5.97 Å². The van der Waals surface area contributed by atoms with E-state index in [9.17, 15) is 4.79 Å². The van der Waals surface area contributed by atoms with E-state index in [2.05, 4.69) is 20.8 Å². The third-order valence-electron chi connectivity index (χ3n) is 3.51. The standard InChI is InChI=1S/C16H22O2/c1-5-16(3,4)13(2)11-15(17)18-12-14-9-7-6-8-10-14/h6-11H,5,12H2,1-4H3/b13-11+. The van der Waals surface area contributed by atoms with Gasteiger partial charge in [0.2, 0.25) is 0 Å². The predicted octanol–water partition coefficient (Wildman–Crippen LogP) is 4.11. The minimum absolute atomic E-state index is 0.0474. The highest BCUT2D eigenvalue weighted by molar-refractivity contribution is 5.82. The van der Waals surface area contributed by atoms with Crippen LogP contribution in [0.3, 0.4) is 0 Å². The lowest BCUT2D eigenvalue weighted by molar-refractivity contribution is -0.139. The van der Waals surface area contributed by atoms with Crippen molar-refractivity contribution in [2.75, 3.05) is 0 Å². The Morgan fingerprint density at radius 2 is 1.89 bits per heavy atom. The summed E-state index contributed by atoms with van der Waals surface area (Å²) >= 11 is 0. The zero-order chi connectivity index (χ0) is 13.6. The summed E-state index contributed by atoms with van der Waals surface area (Å²) in [7, 11) is 0. The summed E-state index contributed by atoms with van der Waals surface area (Å²) in [6.07, 6.45) is 2.60. The first-order valence-corrected chi connectivity index (χ1v) is 6.35. The SMILES string of the molecule is CCC(C)(C)/C(C)=C/C(=O)OCc1ccccc1. The molecular weight excluding hydrogens is 224 g/mol. The van der Waals surface area contributed by atoms with Gasteiger partial charge in [-0.1, -0.05) is 56.7 Å². The zero-order valence-electron chi connectivity index (χ0n) is 11.7. The lowest BCUT2D eigenvalue weighted by Crippen LogP contribution is -2.13. The fourth-order valence-electron chi connectivity index (χ4n) is 1.42. The molecule has 0 N–H and O–H groups in total. The molecule has 0 radical (unpaired) electrons. The van der Waals surface area contributed by atoms with E-state index in [0.717, 1.165) is 17.6 Å². The van der Waals surface area contributed by atoms with E-state index in [4.69, 9.17) is 4.74 Å². The molecule has 2 nitrogen and oxygen atoms in total. The molecule has 0 atom stereocenters. The van der Waals surface area contributed by atoms with Crippen LogP contribution in [0.1, 0.15) is 39.7 Å². The summed E-state index contributed by atoms with van der Waals surface area (Å²) < 4.78 is 5.22. The van der Waals surface area contributed by atoms with Crippen LogP contribution in [0.2, 0.25) is 0 Å². The molecule has 0 aliphatic heterocycles. The molecule has 18 heavy (non-hydrogen) atoms. The van der Waals surface area contributed by atoms with Crippen LogP contribution in [0.15, 0.2) is 42.0 Å². The van der Waals surface area contributed by atoms with E-state index >= 15 is 0 Å². The van der Waals surface area contributed by atoms with E-state index < -0.39 is 0 Å². The monoisotopic (exact) mass is 246 g/mol. The van der Waals surface area contributed by atoms with Gasteiger partial charge in [0, 0.05) is 6.08 Å². The molecule has 0 bridgehead atoms. The van der Waals surface area contributed by atoms with Gasteiger partial charge in [0.15, 0.2) is 0 Å². The Balaban J connectivity index is 2.55. The van der Waals surface area contributed by atoms with Crippen LogP contribution >= 0.6 is 0 Å². The van der Waals surface area contributed by atoms with Crippen LogP contribution in [-0.4, -0.2) is 5.97 Å². The molecule has 0 saturated heterocycles. The maximum atomic E-state index is 11.7. The van der Waals surface area contributed by atoms with E-state index in [1.54, 1.807) is 6.08 Å². The molecule has 1 aromatic rings. The normalized spacial score (nSPS) is 12.3. The largest absolute Gasteiger partial charge is 0.458 e. The third-order valence-corrected chi connectivity index (χ3v) is 3.51. The molecule has 0 aliphatic rings. The fraction of sp³-hybridized carbons (Fsp3) is 0.438. The first kappa shape index (κ1) is 14.5. The lowest BCUT2D eigenvalue weighted by atomic mass is 9.82. The number of hydrogen-bond acceptors (Lipinski definition) is 2. The summed E-state index contributed by atoms with van der Waals surface area (Å²) in [6.45, 7) is 8.68. The minimum Gasteiger partial charge on any atom is -0.458 e. The summed E-state index contributed by atoms with van der Waals surface area (Å²) in [6, 6.07) is 9.70. The Morgan fingerprint density at radius 1 is 1.28 bits per heavy atom. The Kier molecular flexibility index (Phi) is 5.14. The second-order valence-corrected chi connectivity index (χ2v) is 5.16. The van der Waals surface area contributed by atoms with Crippen molar-refractivity contribution < 1.29 is 9.53 Å². The maximum Gasteiger partial charge on any atom is 0.331 e. The molecule has 0 spiro atoms. The number of carbonyl (C=O) groups excluding carboxylic acids is 1. The van der Waals surface area contributed by atoms with Gasteiger partial charge in [0.1, 0.15) is 6.61 Å². The van der Waals surface area contributed by atoms with Crippen molar-refractivity contribution in [2.45, 2.75) is 40.7 Å². The molecule has 0 unspecified atom stereocenters. The van der Waals surface area contributed by atoms with Gasteiger partial charge in [0.25, 0.3) is 0 Å². The maximum absolute atomic E-state index is 11.7. The number of hydrogen-bond donors (Lipinski definition) is 0. The lowest BCUT2D eigenvalue weighted by Gasteiger charge is -2.23. The number of rotatable bonds is 5. The van der Waals surface area contributed by atoms with Crippen LogP contribution in [-0.2, 0) is 16.1 Å². The molecule has 0 fully saturated rings. The van der Waals surface area contributed by atoms with E-state index in [1.807, 2.05) is 37.3 Å². The Labute approximate surface area is 110 Å². The Morgan fingerprint density at radius 3 is 2.44 bits per heavy atom. The number of esters is 1. The molecule has 0 heterocycles. The van der Waals surface area contributed by atoms with Gasteiger partial charge in [-0.2, -0.15) is 0 Å². The molecule has 0 amide bonds. The number of ether oxygens (including phenoxy) is 1. The molecule has 0 aliphatic carbocycles. The van der Waals surface area contributed by atoms with Crippen LogP contribution in [0.4, 0.5) is 0 Å². The van der Waals surface area contributed by atoms with Crippen molar-refractivity contribution in [3.05, 3.63) is 47.5 Å². The smallest absolute Gasteiger partial charge is 0.331 e. The number of allylic oxidation sites excluding steroid dienone is 1. The second kappa shape index (κ2) is 6.39. The van der Waals surface area contributed by atoms with Crippen LogP contribution in [0.25, 0.3) is 0 Å². The summed E-state index contributed by atoms with van der Waals surface area (Å²) in [5.74, 6) is -0.266. The Bertz CT molecular complexity index is 416. The molecule has 2 heteroatoms. The van der Waals surface area contributed by atoms with Gasteiger partial charge in [-0.3, -0.25) is 0 Å². The highest BCUT2D eigenvalue weighted by Gasteiger charge is 2.18. The van der Waals surface area contributed by atoms with Gasteiger partial charge in [0.05, 0.1) is 0 Å². The van der Waals surface area contributed by atoms with Crippen molar-refractivity contribution in [1.29, 1.82) is 0 Å². The van der Waals surface area contributed by atoms with Gasteiger partial charge < -0.3 is 4.74 Å². The van der Waals surface area contributed by atoms with Crippen molar-refractivity contribution in [1.82, 2.24) is 0 Å². The minimum atomic E-state index is -0.266. The fourth-order valence-corrected chi connectivity index (χ4v) is 1.42. The van der Waals surface area contributed by atoms with E-state index in [0.29, 0.717) is 6.61 Å². The van der Waals surface area contributed by atoms with Crippen molar-refractivity contribution in [3.63, 3.8) is 0 Å². The predicted molar refractivity (Wildman–Crippen MR) is 74.1 cm³/mol. The quantitative estimate of drug-likeness (QED) is 0.577. The number of carbonyl (C=O) groups is 1. The highest BCUT2D eigenvalue weighted by Crippen LogP contribution is 2.29. The molecule has 98 valence electrons. The average Bonchev–Trinajstić information content (AvgIpc) is 2.37. The van der Waals surface area contributed by atoms with Crippen LogP contribution in [0.5, 0.6) is 0 Å². The summed E-state index contributed by atoms with van der Waals surface area (Å²) in [5.41, 5.74) is 2.11. The number of benzene rings is 1. The third kappa shape index (κ3) is 4.36. The first-order valence-electron chi connectivity index (χ1n) is 6.35. The van der Waals surface area contributed by atoms with E-state index in [1.165, 1.54) is 0 Å². The van der Waals surface area contributed by atoms with Gasteiger partial charge in [-0.25, -0.2) is 4.79 Å². The molecule has 1 rings (SSSR count). The van der Waals surface area contributed by atoms with E-state index in [-0.39, 0.29) is 11.4 Å². The van der Waals surface area contributed by atoms with Gasteiger partial charge >= 0.3 is 5.97 Å². The van der Waals surface area contributed by atoms with Crippen molar-refractivity contribution in [3.8, 4) is 0 Å². The molecular formula is C16H22O2. The summed E-state index contributed by atoms with van der Waals surface area (Å²) in [5, 5.41) is 0. The second-order valence-electron chi connectivity index (χ2n) is 5.16. The summed E-state index contributed by atoms with van der Waals surface area (Å²) in [4.78, 5) is 11.7. The van der Waals surface area contributed by atoms with Crippen molar-refractivity contribution in [2.24, 2.45) is 5.41 Å². The average molecular weight is 246 g/mol. The van der Waals surface area contributed by atoms with Crippen LogP contribution in [0, 0.1) is 5.41 Å². The molecule has 0 saturated carbocycles. The van der Waals surface area contributed by atoms with Crippen LogP contribution < -0.4 is 0 Å². The molecule has 1 aromatic carbocycles. The Hall–Kier alpha value is -1.57.